The van der Waals surface area contributed by atoms with Crippen LogP contribution in [0.25, 0.3) is 5.69 Å². The number of hydrogen-bond acceptors (Lipinski definition) is 5. The Morgan fingerprint density at radius 3 is 2.68 bits per heavy atom. The number of amides is 1. The standard InChI is InChI=1S/C18H14ClN5O3S/c19-15-4-2-1-3-13(15)7-18(25)23-14-5-6-16(17(8-14)28(21,26)27)24-11-12(9-20)10-22-24/h1-6,8,10-11H,7H2,(H,23,25)(H2,21,26,27). The summed E-state index contributed by atoms with van der Waals surface area (Å²) in [6, 6.07) is 13.0. The molecule has 0 saturated heterocycles. The van der Waals surface area contributed by atoms with Crippen LogP contribution < -0.4 is 10.5 Å². The molecule has 0 fully saturated rings. The minimum absolute atomic E-state index is 0.0246. The van der Waals surface area contributed by atoms with Crippen molar-refractivity contribution < 1.29 is 13.2 Å². The number of carbonyl (C=O) groups is 1. The molecule has 0 aliphatic rings. The zero-order valence-electron chi connectivity index (χ0n) is 14.3. The van der Waals surface area contributed by atoms with E-state index in [1.165, 1.54) is 35.3 Å². The molecule has 142 valence electrons. The van der Waals surface area contributed by atoms with E-state index in [2.05, 4.69) is 10.4 Å². The molecule has 3 rings (SSSR count). The molecule has 0 aliphatic carbocycles. The van der Waals surface area contributed by atoms with E-state index in [-0.39, 0.29) is 34.2 Å². The van der Waals surface area contributed by atoms with Gasteiger partial charge in [-0.25, -0.2) is 18.2 Å². The van der Waals surface area contributed by atoms with E-state index < -0.39 is 10.0 Å². The Bertz CT molecular complexity index is 1200. The first-order valence-corrected chi connectivity index (χ1v) is 9.85. The van der Waals surface area contributed by atoms with Crippen molar-refractivity contribution in [3.8, 4) is 11.8 Å². The van der Waals surface area contributed by atoms with Crippen LogP contribution in [0, 0.1) is 11.3 Å². The average molecular weight is 416 g/mol. The number of rotatable bonds is 5. The van der Waals surface area contributed by atoms with Gasteiger partial charge in [-0.15, -0.1) is 0 Å². The smallest absolute Gasteiger partial charge is 0.240 e. The molecule has 1 aromatic heterocycles. The van der Waals surface area contributed by atoms with Crippen LogP contribution in [0.2, 0.25) is 5.02 Å². The van der Waals surface area contributed by atoms with Crippen molar-refractivity contribution in [3.63, 3.8) is 0 Å². The molecule has 0 spiro atoms. The van der Waals surface area contributed by atoms with Crippen LogP contribution in [-0.4, -0.2) is 24.1 Å². The topological polar surface area (TPSA) is 131 Å². The second kappa shape index (κ2) is 7.82. The Morgan fingerprint density at radius 1 is 1.29 bits per heavy atom. The van der Waals surface area contributed by atoms with Gasteiger partial charge in [0, 0.05) is 16.9 Å². The van der Waals surface area contributed by atoms with Crippen molar-refractivity contribution in [3.05, 3.63) is 71.0 Å². The highest BCUT2D eigenvalue weighted by Gasteiger charge is 2.18. The summed E-state index contributed by atoms with van der Waals surface area (Å²) in [5, 5.41) is 21.3. The van der Waals surface area contributed by atoms with Gasteiger partial charge in [-0.05, 0) is 29.8 Å². The molecule has 3 N–H and O–H groups in total. The lowest BCUT2D eigenvalue weighted by atomic mass is 10.1. The van der Waals surface area contributed by atoms with E-state index in [0.29, 0.717) is 10.6 Å². The van der Waals surface area contributed by atoms with Gasteiger partial charge in [0.25, 0.3) is 0 Å². The Balaban J connectivity index is 1.90. The number of carbonyl (C=O) groups excluding carboxylic acids is 1. The molecule has 0 saturated carbocycles. The summed E-state index contributed by atoms with van der Waals surface area (Å²) in [4.78, 5) is 12.0. The van der Waals surface area contributed by atoms with E-state index in [4.69, 9.17) is 22.0 Å². The summed E-state index contributed by atoms with van der Waals surface area (Å²) in [7, 11) is -4.12. The van der Waals surface area contributed by atoms with Gasteiger partial charge < -0.3 is 5.32 Å². The first-order valence-electron chi connectivity index (χ1n) is 7.93. The summed E-state index contributed by atoms with van der Waals surface area (Å²) < 4.78 is 25.3. The number of sulfonamides is 1. The molecule has 0 unspecified atom stereocenters. The number of nitrogens with two attached hydrogens (primary N) is 1. The number of anilines is 1. The number of primary sulfonamides is 1. The molecule has 28 heavy (non-hydrogen) atoms. The number of aromatic nitrogens is 2. The van der Waals surface area contributed by atoms with E-state index in [0.717, 1.165) is 0 Å². The van der Waals surface area contributed by atoms with Crippen LogP contribution in [0.3, 0.4) is 0 Å². The number of benzene rings is 2. The number of hydrogen-bond donors (Lipinski definition) is 2. The van der Waals surface area contributed by atoms with Gasteiger partial charge in [0.05, 0.1) is 23.9 Å². The van der Waals surface area contributed by atoms with E-state index in [1.807, 2.05) is 6.07 Å². The van der Waals surface area contributed by atoms with Gasteiger partial charge in [0.1, 0.15) is 11.0 Å². The molecular formula is C18H14ClN5O3S. The maximum absolute atomic E-state index is 12.3. The van der Waals surface area contributed by atoms with Gasteiger partial charge in [-0.2, -0.15) is 10.4 Å². The van der Waals surface area contributed by atoms with Crippen LogP contribution in [0.4, 0.5) is 5.69 Å². The zero-order valence-corrected chi connectivity index (χ0v) is 15.9. The second-order valence-corrected chi connectivity index (χ2v) is 7.77. The molecule has 0 atom stereocenters. The van der Waals surface area contributed by atoms with Gasteiger partial charge in [0.15, 0.2) is 0 Å². The molecular weight excluding hydrogens is 402 g/mol. The normalized spacial score (nSPS) is 11.0. The number of nitriles is 1. The maximum Gasteiger partial charge on any atom is 0.240 e. The summed E-state index contributed by atoms with van der Waals surface area (Å²) in [5.41, 5.74) is 1.31. The Hall–Kier alpha value is -3.19. The van der Waals surface area contributed by atoms with Crippen LogP contribution >= 0.6 is 11.6 Å². The third-order valence-corrected chi connectivity index (χ3v) is 5.13. The van der Waals surface area contributed by atoms with Crippen LogP contribution in [0.1, 0.15) is 11.1 Å². The molecule has 1 heterocycles. The molecule has 0 aliphatic heterocycles. The fourth-order valence-corrected chi connectivity index (χ4v) is 3.49. The largest absolute Gasteiger partial charge is 0.326 e. The zero-order chi connectivity index (χ0) is 20.3. The minimum Gasteiger partial charge on any atom is -0.326 e. The summed E-state index contributed by atoms with van der Waals surface area (Å²) in [6.07, 6.45) is 2.70. The monoisotopic (exact) mass is 415 g/mol. The van der Waals surface area contributed by atoms with Gasteiger partial charge in [-0.1, -0.05) is 29.8 Å². The fraction of sp³-hybridized carbons (Fsp3) is 0.0556. The van der Waals surface area contributed by atoms with Crippen molar-refractivity contribution in [2.24, 2.45) is 5.14 Å². The Labute approximate surface area is 166 Å². The predicted octanol–water partition coefficient (Wildman–Crippen LogP) is 2.23. The molecule has 1 amide bonds. The number of nitrogens with zero attached hydrogens (tertiary/aromatic N) is 3. The van der Waals surface area contributed by atoms with Crippen molar-refractivity contribution in [2.75, 3.05) is 5.32 Å². The molecule has 10 heteroatoms. The van der Waals surface area contributed by atoms with Crippen molar-refractivity contribution in [1.29, 1.82) is 5.26 Å². The second-order valence-electron chi connectivity index (χ2n) is 5.83. The van der Waals surface area contributed by atoms with Crippen LogP contribution in [-0.2, 0) is 21.2 Å². The molecule has 2 aromatic carbocycles. The first-order chi connectivity index (χ1) is 13.3. The molecule has 0 radical (unpaired) electrons. The Morgan fingerprint density at radius 2 is 2.04 bits per heavy atom. The lowest BCUT2D eigenvalue weighted by molar-refractivity contribution is -0.115. The summed E-state index contributed by atoms with van der Waals surface area (Å²) >= 11 is 6.05. The quantitative estimate of drug-likeness (QED) is 0.659. The van der Waals surface area contributed by atoms with E-state index in [9.17, 15) is 13.2 Å². The number of halogens is 1. The van der Waals surface area contributed by atoms with E-state index >= 15 is 0 Å². The third kappa shape index (κ3) is 4.37. The minimum atomic E-state index is -4.12. The highest BCUT2D eigenvalue weighted by atomic mass is 35.5. The van der Waals surface area contributed by atoms with Crippen LogP contribution in [0.15, 0.2) is 59.8 Å². The van der Waals surface area contributed by atoms with Crippen molar-refractivity contribution in [2.45, 2.75) is 11.3 Å². The maximum atomic E-state index is 12.3. The lowest BCUT2D eigenvalue weighted by Gasteiger charge is -2.12. The summed E-state index contributed by atoms with van der Waals surface area (Å²) in [6.45, 7) is 0. The van der Waals surface area contributed by atoms with Gasteiger partial charge >= 0.3 is 0 Å². The van der Waals surface area contributed by atoms with Crippen LogP contribution in [0.5, 0.6) is 0 Å². The third-order valence-electron chi connectivity index (χ3n) is 3.82. The van der Waals surface area contributed by atoms with Crippen molar-refractivity contribution in [1.82, 2.24) is 9.78 Å². The fourth-order valence-electron chi connectivity index (χ4n) is 2.54. The van der Waals surface area contributed by atoms with Gasteiger partial charge in [-0.3, -0.25) is 4.79 Å². The molecule has 8 nitrogen and oxygen atoms in total. The lowest BCUT2D eigenvalue weighted by Crippen LogP contribution is -2.18. The Kier molecular flexibility index (Phi) is 5.46. The molecule has 0 bridgehead atoms. The first kappa shape index (κ1) is 19.6. The molecule has 3 aromatic rings. The highest BCUT2D eigenvalue weighted by Crippen LogP contribution is 2.24. The predicted molar refractivity (Wildman–Crippen MR) is 103 cm³/mol. The van der Waals surface area contributed by atoms with Gasteiger partial charge in [0.2, 0.25) is 15.9 Å². The van der Waals surface area contributed by atoms with E-state index in [1.54, 1.807) is 24.3 Å². The number of nitrogens with one attached hydrogen (secondary N) is 1. The average Bonchev–Trinajstić information content (AvgIpc) is 3.12. The summed E-state index contributed by atoms with van der Waals surface area (Å²) in [5.74, 6) is -0.368. The van der Waals surface area contributed by atoms with Crippen molar-refractivity contribution >= 4 is 33.2 Å². The highest BCUT2D eigenvalue weighted by molar-refractivity contribution is 7.89. The SMILES string of the molecule is N#Cc1cnn(-c2ccc(NC(=O)Cc3ccccc3Cl)cc2S(N)(=O)=O)c1.